The van der Waals surface area contributed by atoms with Gasteiger partial charge in [-0.15, -0.1) is 0 Å². The second kappa shape index (κ2) is 7.65. The molecule has 0 saturated carbocycles. The zero-order valence-electron chi connectivity index (χ0n) is 3.27. The summed E-state index contributed by atoms with van der Waals surface area (Å²) in [5, 5.41) is 0. The van der Waals surface area contributed by atoms with Crippen molar-refractivity contribution >= 4 is 48.9 Å². The van der Waals surface area contributed by atoms with Crippen LogP contribution in [0.15, 0.2) is 0 Å². The molecule has 0 aromatic heterocycles. The number of halogens is 3. The molecule has 3 nitrogen and oxygen atoms in total. The van der Waals surface area contributed by atoms with Gasteiger partial charge in [0, 0.05) is 10.3 Å². The Morgan fingerprint density at radius 2 is 1.50 bits per heavy atom. The lowest BCUT2D eigenvalue weighted by Crippen LogP contribution is -1.61. The van der Waals surface area contributed by atoms with Crippen molar-refractivity contribution in [2.24, 2.45) is 0 Å². The first-order valence-electron chi connectivity index (χ1n) is 1.07. The van der Waals surface area contributed by atoms with Crippen molar-refractivity contribution in [3.63, 3.8) is 0 Å². The minimum atomic E-state index is -2.39. The average molecular weight is 198 g/mol. The molecule has 0 saturated heterocycles. The molecule has 0 radical (unpaired) electrons. The van der Waals surface area contributed by atoms with E-state index in [1.165, 1.54) is 0 Å². The first-order valence-corrected chi connectivity index (χ1v) is 3.73. The Bertz CT molecular complexity index is 72.5. The van der Waals surface area contributed by atoms with Crippen molar-refractivity contribution in [2.75, 3.05) is 0 Å². The number of hydrogen-bond acceptors (Lipinski definition) is 3. The Balaban J connectivity index is 0. The van der Waals surface area contributed by atoms with Crippen LogP contribution in [0.5, 0.6) is 0 Å². The van der Waals surface area contributed by atoms with Crippen LogP contribution in [0, 0.1) is 0 Å². The van der Waals surface area contributed by atoms with Crippen molar-refractivity contribution in [1.29, 1.82) is 0 Å². The fraction of sp³-hybridized carbons (Fsp3) is 0. The SMILES string of the molecule is O=C(Cl)Cl.O=S([O-])Cl. The smallest absolute Gasteiger partial charge is 0.313 e. The Morgan fingerprint density at radius 1 is 1.50 bits per heavy atom. The van der Waals surface area contributed by atoms with Gasteiger partial charge < -0.3 is 4.55 Å². The second-order valence-electron chi connectivity index (χ2n) is 0.420. The van der Waals surface area contributed by atoms with E-state index in [4.69, 9.17) is 13.6 Å². The van der Waals surface area contributed by atoms with E-state index in [0.717, 1.165) is 0 Å². The van der Waals surface area contributed by atoms with Crippen LogP contribution in [0.2, 0.25) is 0 Å². The maximum absolute atomic E-state index is 8.98. The molecule has 7 heteroatoms. The molecule has 0 spiro atoms. The first-order chi connectivity index (χ1) is 3.46. The predicted molar refractivity (Wildman–Crippen MR) is 31.9 cm³/mol. The largest absolute Gasteiger partial charge is 0.760 e. The number of rotatable bonds is 0. The molecule has 0 aliphatic carbocycles. The van der Waals surface area contributed by atoms with Gasteiger partial charge in [0.1, 0.15) is 0 Å². The van der Waals surface area contributed by atoms with Crippen molar-refractivity contribution in [2.45, 2.75) is 0 Å². The molecule has 0 rings (SSSR count). The molecule has 0 N–H and O–H groups in total. The third-order valence-electron chi connectivity index (χ3n) is 0. The summed E-state index contributed by atoms with van der Waals surface area (Å²) in [6, 6.07) is 0. The van der Waals surface area contributed by atoms with Gasteiger partial charge in [-0.05, 0) is 33.9 Å². The van der Waals surface area contributed by atoms with E-state index in [1.807, 2.05) is 0 Å². The molecular weight excluding hydrogens is 198 g/mol. The third kappa shape index (κ3) is 502. The minimum absolute atomic E-state index is 0.889. The predicted octanol–water partition coefficient (Wildman–Crippen LogP) is 1.60. The monoisotopic (exact) mass is 197 g/mol. The lowest BCUT2D eigenvalue weighted by atomic mass is 11.8. The summed E-state index contributed by atoms with van der Waals surface area (Å²) in [6.45, 7) is 0. The molecule has 0 aromatic carbocycles. The summed E-state index contributed by atoms with van der Waals surface area (Å²) in [5.41, 5.74) is 0. The summed E-state index contributed by atoms with van der Waals surface area (Å²) >= 11 is 8.80. The van der Waals surface area contributed by atoms with Gasteiger partial charge in [0.15, 0.2) is 0 Å². The molecule has 0 heterocycles. The van der Waals surface area contributed by atoms with E-state index in [-0.39, 0.29) is 0 Å². The highest BCUT2D eigenvalue weighted by molar-refractivity contribution is 8.03. The quantitative estimate of drug-likeness (QED) is 0.439. The highest BCUT2D eigenvalue weighted by Crippen LogP contribution is 1.84. The standard InChI is InChI=1S/CCl2O.ClHO2S/c2-1(3)4;1-4(2)3/h;(H,2,3)/p-1. The fourth-order valence-electron chi connectivity index (χ4n) is 0. The van der Waals surface area contributed by atoms with Crippen molar-refractivity contribution in [1.82, 2.24) is 0 Å². The van der Waals surface area contributed by atoms with Gasteiger partial charge in [-0.1, -0.05) is 0 Å². The topological polar surface area (TPSA) is 57.2 Å². The molecule has 0 aromatic rings. The highest BCUT2D eigenvalue weighted by Gasteiger charge is 1.72. The van der Waals surface area contributed by atoms with Crippen molar-refractivity contribution in [3.05, 3.63) is 0 Å². The molecule has 0 bridgehead atoms. The molecule has 1 unspecified atom stereocenters. The van der Waals surface area contributed by atoms with Crippen LogP contribution in [0.1, 0.15) is 0 Å². The summed E-state index contributed by atoms with van der Waals surface area (Å²) in [6.07, 6.45) is 0. The van der Waals surface area contributed by atoms with E-state index in [0.29, 0.717) is 0 Å². The van der Waals surface area contributed by atoms with Gasteiger partial charge in [0.2, 0.25) is 0 Å². The van der Waals surface area contributed by atoms with E-state index < -0.39 is 15.0 Å². The highest BCUT2D eigenvalue weighted by atomic mass is 35.7. The second-order valence-corrected chi connectivity index (χ2v) is 2.44. The minimum Gasteiger partial charge on any atom is -0.760 e. The van der Waals surface area contributed by atoms with Crippen LogP contribution in [-0.4, -0.2) is 13.5 Å². The molecule has 0 aliphatic rings. The lowest BCUT2D eigenvalue weighted by molar-refractivity contribution is 0.275. The van der Waals surface area contributed by atoms with Gasteiger partial charge in [0.25, 0.3) is 0 Å². The summed E-state index contributed by atoms with van der Waals surface area (Å²) < 4.78 is 16.6. The molecule has 0 amide bonds. The van der Waals surface area contributed by atoms with Gasteiger partial charge in [0.05, 0.1) is 0 Å². The summed E-state index contributed by atoms with van der Waals surface area (Å²) in [4.78, 5) is 8.98. The molecule has 0 fully saturated rings. The number of hydrogen-bond donors (Lipinski definition) is 0. The van der Waals surface area contributed by atoms with Crippen molar-refractivity contribution in [3.8, 4) is 0 Å². The van der Waals surface area contributed by atoms with Crippen LogP contribution >= 0.6 is 33.9 Å². The Kier molecular flexibility index (Phi) is 10.9. The first kappa shape index (κ1) is 11.4. The average Bonchev–Trinajstić information content (AvgIpc) is 1.25. The van der Waals surface area contributed by atoms with Gasteiger partial charge in [-0.25, -0.2) is 0 Å². The van der Waals surface area contributed by atoms with E-state index in [1.54, 1.807) is 0 Å². The van der Waals surface area contributed by atoms with Crippen LogP contribution in [0.25, 0.3) is 0 Å². The van der Waals surface area contributed by atoms with Gasteiger partial charge >= 0.3 is 4.70 Å². The Morgan fingerprint density at radius 3 is 1.50 bits per heavy atom. The lowest BCUT2D eigenvalue weighted by Gasteiger charge is -1.80. The van der Waals surface area contributed by atoms with E-state index in [2.05, 4.69) is 33.9 Å². The molecule has 50 valence electrons. The Hall–Kier alpha value is 0.650. The molecular formula is CCl3O3S-. The van der Waals surface area contributed by atoms with Crippen LogP contribution in [-0.2, 0) is 10.3 Å². The molecule has 1 atom stereocenters. The molecule has 0 aliphatic heterocycles. The zero-order valence-corrected chi connectivity index (χ0v) is 6.35. The summed E-state index contributed by atoms with van der Waals surface area (Å²) in [7, 11) is 1.80. The van der Waals surface area contributed by atoms with E-state index >= 15 is 0 Å². The maximum atomic E-state index is 8.98. The number of carbonyl (C=O) groups is 1. The summed E-state index contributed by atoms with van der Waals surface area (Å²) in [5.74, 6) is 0. The third-order valence-corrected chi connectivity index (χ3v) is 0. The molecule has 8 heavy (non-hydrogen) atoms. The fourth-order valence-corrected chi connectivity index (χ4v) is 0. The van der Waals surface area contributed by atoms with Crippen molar-refractivity contribution < 1.29 is 13.6 Å². The zero-order chi connectivity index (χ0) is 7.15. The van der Waals surface area contributed by atoms with E-state index in [9.17, 15) is 0 Å². The Labute approximate surface area is 62.7 Å². The maximum Gasteiger partial charge on any atom is 0.313 e. The normalized spacial score (nSPS) is 11.0. The van der Waals surface area contributed by atoms with Crippen LogP contribution in [0.3, 0.4) is 0 Å². The van der Waals surface area contributed by atoms with Gasteiger partial charge in [-0.2, -0.15) is 0 Å². The number of carbonyl (C=O) groups excluding carboxylic acids is 1. The van der Waals surface area contributed by atoms with Crippen LogP contribution in [0.4, 0.5) is 4.79 Å². The van der Waals surface area contributed by atoms with Crippen LogP contribution < -0.4 is 0 Å². The van der Waals surface area contributed by atoms with Gasteiger partial charge in [-0.3, -0.25) is 9.00 Å².